The Morgan fingerprint density at radius 2 is 2.18 bits per heavy atom. The summed E-state index contributed by atoms with van der Waals surface area (Å²) in [7, 11) is 1.98. The largest absolute Gasteiger partial charge is 0.392 e. The molecule has 1 atom stereocenters. The van der Waals surface area contributed by atoms with Gasteiger partial charge in [-0.1, -0.05) is 26.1 Å². The van der Waals surface area contributed by atoms with Crippen LogP contribution in [0.1, 0.15) is 26.6 Å². The minimum atomic E-state index is 0.0641. The third kappa shape index (κ3) is 4.05. The molecule has 1 unspecified atom stereocenters. The number of hydrogen-bond donors (Lipinski definition) is 1. The molecule has 0 spiro atoms. The number of aromatic nitrogens is 3. The minimum Gasteiger partial charge on any atom is -0.392 e. The highest BCUT2D eigenvalue weighted by molar-refractivity contribution is 7.80. The van der Waals surface area contributed by atoms with Gasteiger partial charge in [0.15, 0.2) is 0 Å². The zero-order valence-corrected chi connectivity index (χ0v) is 11.7. The van der Waals surface area contributed by atoms with Crippen LogP contribution in [-0.2, 0) is 13.1 Å². The van der Waals surface area contributed by atoms with E-state index in [4.69, 9.17) is 18.0 Å². The smallest absolute Gasteiger partial charge is 0.141 e. The zero-order valence-electron chi connectivity index (χ0n) is 10.9. The van der Waals surface area contributed by atoms with Crippen LogP contribution < -0.4 is 5.73 Å². The molecule has 0 radical (unpaired) electrons. The fourth-order valence-corrected chi connectivity index (χ4v) is 1.67. The third-order valence-corrected chi connectivity index (χ3v) is 3.04. The first-order valence-corrected chi connectivity index (χ1v) is 6.19. The molecule has 0 aliphatic heterocycles. The number of likely N-dealkylation sites (N-methyl/N-ethyl adjacent to an activating group) is 1. The van der Waals surface area contributed by atoms with Crippen LogP contribution in [0.25, 0.3) is 0 Å². The third-order valence-electron chi connectivity index (χ3n) is 2.70. The Bertz CT molecular complexity index is 374. The van der Waals surface area contributed by atoms with Gasteiger partial charge in [0.2, 0.25) is 0 Å². The first-order valence-electron chi connectivity index (χ1n) is 5.78. The molecule has 0 aromatic carbocycles. The van der Waals surface area contributed by atoms with Crippen LogP contribution in [0.2, 0.25) is 0 Å². The summed E-state index contributed by atoms with van der Waals surface area (Å²) in [6.45, 7) is 7.89. The van der Waals surface area contributed by atoms with E-state index >= 15 is 0 Å². The predicted molar refractivity (Wildman–Crippen MR) is 72.6 cm³/mol. The van der Waals surface area contributed by atoms with Crippen LogP contribution in [0, 0.1) is 5.92 Å². The Kier molecular flexibility index (Phi) is 5.02. The lowest BCUT2D eigenvalue weighted by Crippen LogP contribution is -2.39. The summed E-state index contributed by atoms with van der Waals surface area (Å²) in [5, 5.41) is 4.23. The van der Waals surface area contributed by atoms with Crippen molar-refractivity contribution in [1.29, 1.82) is 0 Å². The maximum Gasteiger partial charge on any atom is 0.141 e. The van der Waals surface area contributed by atoms with Gasteiger partial charge in [0.1, 0.15) is 12.2 Å². The Morgan fingerprint density at radius 3 is 2.71 bits per heavy atom. The Balaban J connectivity index is 2.68. The fraction of sp³-hybridized carbons (Fsp3) is 0.727. The molecule has 17 heavy (non-hydrogen) atoms. The molecular formula is C11H21N5S. The minimum absolute atomic E-state index is 0.0641. The average Bonchev–Trinajstić information content (AvgIpc) is 2.63. The highest BCUT2D eigenvalue weighted by Crippen LogP contribution is 2.06. The number of hydrogen-bond acceptors (Lipinski definition) is 4. The van der Waals surface area contributed by atoms with Crippen molar-refractivity contribution in [2.24, 2.45) is 11.7 Å². The summed E-state index contributed by atoms with van der Waals surface area (Å²) in [5.41, 5.74) is 5.63. The zero-order chi connectivity index (χ0) is 13.0. The van der Waals surface area contributed by atoms with E-state index in [0.29, 0.717) is 17.5 Å². The van der Waals surface area contributed by atoms with E-state index in [1.807, 2.05) is 18.7 Å². The monoisotopic (exact) mass is 255 g/mol. The summed E-state index contributed by atoms with van der Waals surface area (Å²) in [6, 6.07) is 0.0641. The van der Waals surface area contributed by atoms with Crippen molar-refractivity contribution >= 4 is 17.2 Å². The molecule has 1 aromatic rings. The van der Waals surface area contributed by atoms with Crippen molar-refractivity contribution in [3.63, 3.8) is 0 Å². The Labute approximate surface area is 108 Å². The van der Waals surface area contributed by atoms with E-state index < -0.39 is 0 Å². The molecule has 0 bridgehead atoms. The van der Waals surface area contributed by atoms with E-state index in [1.54, 1.807) is 6.33 Å². The Morgan fingerprint density at radius 1 is 1.53 bits per heavy atom. The summed E-state index contributed by atoms with van der Waals surface area (Å²) in [5.74, 6) is 1.50. The normalized spacial score (nSPS) is 13.3. The van der Waals surface area contributed by atoms with Crippen molar-refractivity contribution in [3.05, 3.63) is 12.2 Å². The molecule has 2 N–H and O–H groups in total. The first kappa shape index (κ1) is 14.1. The van der Waals surface area contributed by atoms with Crippen LogP contribution in [-0.4, -0.2) is 37.7 Å². The van der Waals surface area contributed by atoms with Crippen LogP contribution in [0.3, 0.4) is 0 Å². The standard InChI is InChI=1S/C11H21N5S/c1-8(2)5-16-10(13-7-14-16)6-15(4)9(3)11(12)17/h7-9H,5-6H2,1-4H3,(H2,12,17). The lowest BCUT2D eigenvalue weighted by atomic mass is 10.2. The summed E-state index contributed by atoms with van der Waals surface area (Å²) < 4.78 is 1.94. The number of nitrogens with two attached hydrogens (primary N) is 1. The number of nitrogens with zero attached hydrogens (tertiary/aromatic N) is 4. The predicted octanol–water partition coefficient (Wildman–Crippen LogP) is 1.04. The van der Waals surface area contributed by atoms with E-state index in [2.05, 4.69) is 28.8 Å². The molecule has 0 aliphatic rings. The molecule has 96 valence electrons. The van der Waals surface area contributed by atoms with Crippen LogP contribution in [0.5, 0.6) is 0 Å². The topological polar surface area (TPSA) is 60.0 Å². The maximum absolute atomic E-state index is 5.63. The molecule has 1 rings (SSSR count). The average molecular weight is 255 g/mol. The van der Waals surface area contributed by atoms with E-state index in [1.165, 1.54) is 0 Å². The lowest BCUT2D eigenvalue weighted by molar-refractivity contribution is 0.286. The molecule has 1 heterocycles. The van der Waals surface area contributed by atoms with Crippen molar-refractivity contribution in [1.82, 2.24) is 19.7 Å². The van der Waals surface area contributed by atoms with Crippen molar-refractivity contribution in [3.8, 4) is 0 Å². The van der Waals surface area contributed by atoms with E-state index in [0.717, 1.165) is 12.4 Å². The number of thiocarbonyl (C=S) groups is 1. The molecule has 6 heteroatoms. The van der Waals surface area contributed by atoms with Crippen LogP contribution >= 0.6 is 12.2 Å². The Hall–Kier alpha value is -1.01. The molecule has 0 saturated heterocycles. The molecule has 0 fully saturated rings. The van der Waals surface area contributed by atoms with Crippen molar-refractivity contribution in [2.75, 3.05) is 7.05 Å². The fourth-order valence-electron chi connectivity index (χ4n) is 1.49. The van der Waals surface area contributed by atoms with Gasteiger partial charge < -0.3 is 5.73 Å². The van der Waals surface area contributed by atoms with Gasteiger partial charge in [0.05, 0.1) is 17.6 Å². The molecule has 0 saturated carbocycles. The molecular weight excluding hydrogens is 234 g/mol. The molecule has 0 amide bonds. The SMILES string of the molecule is CC(C)Cn1ncnc1CN(C)C(C)C(N)=S. The van der Waals surface area contributed by atoms with Gasteiger partial charge in [0, 0.05) is 6.54 Å². The highest BCUT2D eigenvalue weighted by Gasteiger charge is 2.15. The van der Waals surface area contributed by atoms with Gasteiger partial charge in [-0.05, 0) is 19.9 Å². The van der Waals surface area contributed by atoms with Gasteiger partial charge in [-0.2, -0.15) is 5.10 Å². The lowest BCUT2D eigenvalue weighted by Gasteiger charge is -2.23. The summed E-state index contributed by atoms with van der Waals surface area (Å²) in [6.07, 6.45) is 1.59. The highest BCUT2D eigenvalue weighted by atomic mass is 32.1. The second-order valence-corrected chi connectivity index (χ2v) is 5.22. The quantitative estimate of drug-likeness (QED) is 0.770. The maximum atomic E-state index is 5.63. The second-order valence-electron chi connectivity index (χ2n) is 4.75. The van der Waals surface area contributed by atoms with Gasteiger partial charge >= 0.3 is 0 Å². The van der Waals surface area contributed by atoms with E-state index in [-0.39, 0.29) is 6.04 Å². The van der Waals surface area contributed by atoms with Crippen LogP contribution in [0.15, 0.2) is 6.33 Å². The first-order chi connectivity index (χ1) is 7.91. The van der Waals surface area contributed by atoms with Gasteiger partial charge in [-0.15, -0.1) is 0 Å². The van der Waals surface area contributed by atoms with Crippen LogP contribution in [0.4, 0.5) is 0 Å². The summed E-state index contributed by atoms with van der Waals surface area (Å²) >= 11 is 4.99. The van der Waals surface area contributed by atoms with Crippen molar-refractivity contribution < 1.29 is 0 Å². The number of rotatable bonds is 6. The van der Waals surface area contributed by atoms with Gasteiger partial charge in [0.25, 0.3) is 0 Å². The molecule has 1 aromatic heterocycles. The van der Waals surface area contributed by atoms with Gasteiger partial charge in [-0.3, -0.25) is 4.90 Å². The van der Waals surface area contributed by atoms with E-state index in [9.17, 15) is 0 Å². The molecule has 0 aliphatic carbocycles. The molecule has 5 nitrogen and oxygen atoms in total. The summed E-state index contributed by atoms with van der Waals surface area (Å²) in [4.78, 5) is 6.85. The van der Waals surface area contributed by atoms with Crippen molar-refractivity contribution in [2.45, 2.75) is 39.9 Å². The second kappa shape index (κ2) is 6.07. The van der Waals surface area contributed by atoms with Gasteiger partial charge in [-0.25, -0.2) is 9.67 Å².